The first kappa shape index (κ1) is 11.8. The Labute approximate surface area is 100 Å². The van der Waals surface area contributed by atoms with E-state index >= 15 is 0 Å². The zero-order valence-corrected chi connectivity index (χ0v) is 10.0. The standard InChI is InChI=1S/C11H18N6/c1-2-3-10(12)11-8-17(15-14-11)7-6-16-5-4-13-9-16/h4-5,8-10H,2-3,6-7,12H2,1H3. The molecule has 1 atom stereocenters. The molecule has 0 saturated carbocycles. The van der Waals surface area contributed by atoms with Crippen LogP contribution in [0.3, 0.4) is 0 Å². The maximum absolute atomic E-state index is 5.98. The van der Waals surface area contributed by atoms with Crippen molar-refractivity contribution in [3.63, 3.8) is 0 Å². The third-order valence-corrected chi connectivity index (χ3v) is 2.68. The van der Waals surface area contributed by atoms with Gasteiger partial charge in [-0.05, 0) is 6.42 Å². The fourth-order valence-corrected chi connectivity index (χ4v) is 1.69. The Hall–Kier alpha value is -1.69. The predicted octanol–water partition coefficient (Wildman–Crippen LogP) is 0.975. The molecule has 0 aromatic carbocycles. The molecular formula is C11H18N6. The van der Waals surface area contributed by atoms with E-state index in [0.29, 0.717) is 0 Å². The van der Waals surface area contributed by atoms with Crippen LogP contribution in [-0.2, 0) is 13.1 Å². The molecule has 0 saturated heterocycles. The summed E-state index contributed by atoms with van der Waals surface area (Å²) in [5.41, 5.74) is 6.85. The molecule has 0 bridgehead atoms. The minimum atomic E-state index is 0.00185. The fourth-order valence-electron chi connectivity index (χ4n) is 1.69. The summed E-state index contributed by atoms with van der Waals surface area (Å²) >= 11 is 0. The molecule has 0 spiro atoms. The summed E-state index contributed by atoms with van der Waals surface area (Å²) in [6, 6.07) is 0.00185. The van der Waals surface area contributed by atoms with Gasteiger partial charge in [-0.15, -0.1) is 5.10 Å². The van der Waals surface area contributed by atoms with Crippen molar-refractivity contribution in [1.29, 1.82) is 0 Å². The highest BCUT2D eigenvalue weighted by atomic mass is 15.4. The van der Waals surface area contributed by atoms with E-state index in [1.54, 1.807) is 12.5 Å². The van der Waals surface area contributed by atoms with Gasteiger partial charge in [-0.25, -0.2) is 4.98 Å². The van der Waals surface area contributed by atoms with Gasteiger partial charge in [-0.1, -0.05) is 18.6 Å². The number of imidazole rings is 1. The molecular weight excluding hydrogens is 216 g/mol. The van der Waals surface area contributed by atoms with Crippen LogP contribution < -0.4 is 5.73 Å². The number of rotatable bonds is 6. The van der Waals surface area contributed by atoms with Gasteiger partial charge < -0.3 is 10.3 Å². The van der Waals surface area contributed by atoms with Crippen molar-refractivity contribution in [1.82, 2.24) is 24.5 Å². The zero-order valence-electron chi connectivity index (χ0n) is 10.0. The van der Waals surface area contributed by atoms with E-state index < -0.39 is 0 Å². The van der Waals surface area contributed by atoms with Crippen molar-refractivity contribution in [2.75, 3.05) is 0 Å². The van der Waals surface area contributed by atoms with Crippen LogP contribution in [0.5, 0.6) is 0 Å². The second-order valence-corrected chi connectivity index (χ2v) is 4.10. The van der Waals surface area contributed by atoms with E-state index in [4.69, 9.17) is 5.73 Å². The minimum absolute atomic E-state index is 0.00185. The molecule has 6 nitrogen and oxygen atoms in total. The summed E-state index contributed by atoms with van der Waals surface area (Å²) in [5, 5.41) is 8.17. The predicted molar refractivity (Wildman–Crippen MR) is 64.1 cm³/mol. The number of aryl methyl sites for hydroxylation is 2. The molecule has 1 unspecified atom stereocenters. The molecule has 2 N–H and O–H groups in total. The molecule has 2 aromatic heterocycles. The van der Waals surface area contributed by atoms with Crippen LogP contribution in [0.4, 0.5) is 0 Å². The summed E-state index contributed by atoms with van der Waals surface area (Å²) in [7, 11) is 0. The third kappa shape index (κ3) is 3.13. The van der Waals surface area contributed by atoms with E-state index in [0.717, 1.165) is 31.6 Å². The molecule has 0 radical (unpaired) electrons. The van der Waals surface area contributed by atoms with Crippen LogP contribution in [0.1, 0.15) is 31.5 Å². The maximum atomic E-state index is 5.98. The highest BCUT2D eigenvalue weighted by Crippen LogP contribution is 2.11. The quantitative estimate of drug-likeness (QED) is 0.808. The van der Waals surface area contributed by atoms with Crippen LogP contribution in [0, 0.1) is 0 Å². The second-order valence-electron chi connectivity index (χ2n) is 4.10. The summed E-state index contributed by atoms with van der Waals surface area (Å²) in [5.74, 6) is 0. The molecule has 0 aliphatic carbocycles. The van der Waals surface area contributed by atoms with E-state index in [1.807, 2.05) is 21.6 Å². The van der Waals surface area contributed by atoms with Crippen molar-refractivity contribution >= 4 is 0 Å². The second kappa shape index (κ2) is 5.58. The molecule has 0 aliphatic rings. The lowest BCUT2D eigenvalue weighted by Crippen LogP contribution is -2.10. The van der Waals surface area contributed by atoms with E-state index in [1.165, 1.54) is 0 Å². The zero-order chi connectivity index (χ0) is 12.1. The number of aromatic nitrogens is 5. The SMILES string of the molecule is CCCC(N)c1cn(CCn2ccnc2)nn1. The van der Waals surface area contributed by atoms with Crippen LogP contribution in [0.2, 0.25) is 0 Å². The first-order valence-electron chi connectivity index (χ1n) is 5.91. The summed E-state index contributed by atoms with van der Waals surface area (Å²) in [6.45, 7) is 3.73. The van der Waals surface area contributed by atoms with Crippen molar-refractivity contribution in [2.45, 2.75) is 38.9 Å². The lowest BCUT2D eigenvalue weighted by molar-refractivity contribution is 0.519. The molecule has 2 aromatic rings. The Morgan fingerprint density at radius 2 is 2.29 bits per heavy atom. The van der Waals surface area contributed by atoms with Crippen molar-refractivity contribution in [3.05, 3.63) is 30.6 Å². The fraction of sp³-hybridized carbons (Fsp3) is 0.545. The largest absolute Gasteiger partial charge is 0.336 e. The normalized spacial score (nSPS) is 12.8. The van der Waals surface area contributed by atoms with Gasteiger partial charge in [0.15, 0.2) is 0 Å². The van der Waals surface area contributed by atoms with Gasteiger partial charge in [0, 0.05) is 18.9 Å². The summed E-state index contributed by atoms with van der Waals surface area (Å²) in [6.07, 6.45) is 9.42. The first-order chi connectivity index (χ1) is 8.29. The smallest absolute Gasteiger partial charge is 0.0994 e. The van der Waals surface area contributed by atoms with E-state index in [2.05, 4.69) is 22.2 Å². The van der Waals surface area contributed by atoms with Gasteiger partial charge in [0.1, 0.15) is 0 Å². The molecule has 2 heterocycles. The molecule has 0 amide bonds. The Bertz CT molecular complexity index is 433. The van der Waals surface area contributed by atoms with E-state index in [-0.39, 0.29) is 6.04 Å². The molecule has 17 heavy (non-hydrogen) atoms. The van der Waals surface area contributed by atoms with Gasteiger partial charge in [0.05, 0.1) is 30.8 Å². The Morgan fingerprint density at radius 1 is 1.41 bits per heavy atom. The summed E-state index contributed by atoms with van der Waals surface area (Å²) in [4.78, 5) is 3.99. The average Bonchev–Trinajstić information content (AvgIpc) is 2.98. The number of hydrogen-bond acceptors (Lipinski definition) is 4. The van der Waals surface area contributed by atoms with Crippen molar-refractivity contribution < 1.29 is 0 Å². The molecule has 6 heteroatoms. The van der Waals surface area contributed by atoms with Gasteiger partial charge >= 0.3 is 0 Å². The minimum Gasteiger partial charge on any atom is -0.336 e. The molecule has 0 fully saturated rings. The van der Waals surface area contributed by atoms with Crippen LogP contribution in [0.25, 0.3) is 0 Å². The highest BCUT2D eigenvalue weighted by Gasteiger charge is 2.09. The Balaban J connectivity index is 1.89. The number of nitrogens with two attached hydrogens (primary N) is 1. The average molecular weight is 234 g/mol. The van der Waals surface area contributed by atoms with Gasteiger partial charge in [-0.3, -0.25) is 4.68 Å². The highest BCUT2D eigenvalue weighted by molar-refractivity contribution is 4.99. The van der Waals surface area contributed by atoms with Gasteiger partial charge in [0.2, 0.25) is 0 Å². The molecule has 0 aliphatic heterocycles. The van der Waals surface area contributed by atoms with Crippen LogP contribution >= 0.6 is 0 Å². The molecule has 2 rings (SSSR count). The number of hydrogen-bond donors (Lipinski definition) is 1. The summed E-state index contributed by atoms with van der Waals surface area (Å²) < 4.78 is 3.83. The third-order valence-electron chi connectivity index (χ3n) is 2.68. The Morgan fingerprint density at radius 3 is 3.00 bits per heavy atom. The first-order valence-corrected chi connectivity index (χ1v) is 5.91. The van der Waals surface area contributed by atoms with Gasteiger partial charge in [0.25, 0.3) is 0 Å². The molecule has 92 valence electrons. The lowest BCUT2D eigenvalue weighted by Gasteiger charge is -2.04. The van der Waals surface area contributed by atoms with Crippen molar-refractivity contribution in [2.24, 2.45) is 5.73 Å². The lowest BCUT2D eigenvalue weighted by atomic mass is 10.1. The number of nitrogens with zero attached hydrogens (tertiary/aromatic N) is 5. The van der Waals surface area contributed by atoms with Gasteiger partial charge in [-0.2, -0.15) is 0 Å². The van der Waals surface area contributed by atoms with Crippen molar-refractivity contribution in [3.8, 4) is 0 Å². The monoisotopic (exact) mass is 234 g/mol. The van der Waals surface area contributed by atoms with E-state index in [9.17, 15) is 0 Å². The topological polar surface area (TPSA) is 74.5 Å². The maximum Gasteiger partial charge on any atom is 0.0994 e. The van der Waals surface area contributed by atoms with Crippen LogP contribution in [-0.4, -0.2) is 24.5 Å². The van der Waals surface area contributed by atoms with Crippen LogP contribution in [0.15, 0.2) is 24.9 Å². The Kier molecular flexibility index (Phi) is 3.87.